The minimum absolute atomic E-state index is 0.0712. The van der Waals surface area contributed by atoms with Gasteiger partial charge in [-0.05, 0) is 18.2 Å². The van der Waals surface area contributed by atoms with Crippen molar-refractivity contribution in [2.45, 2.75) is 0 Å². The van der Waals surface area contributed by atoms with Crippen molar-refractivity contribution >= 4 is 35.2 Å². The third-order valence-corrected chi connectivity index (χ3v) is 3.28. The summed E-state index contributed by atoms with van der Waals surface area (Å²) in [6, 6.07) is 3.76. The van der Waals surface area contributed by atoms with E-state index in [0.717, 1.165) is 7.11 Å². The Morgan fingerprint density at radius 1 is 1.17 bits per heavy atom. The fourth-order valence-corrected chi connectivity index (χ4v) is 2.03. The van der Waals surface area contributed by atoms with E-state index in [1.165, 1.54) is 12.1 Å². The van der Waals surface area contributed by atoms with E-state index in [0.29, 0.717) is 12.1 Å². The number of anilines is 2. The monoisotopic (exact) mass is 343 g/mol. The average molecular weight is 344 g/mol. The Balaban J connectivity index is 2.56. The highest BCUT2D eigenvalue weighted by molar-refractivity contribution is 6.31. The van der Waals surface area contributed by atoms with Gasteiger partial charge in [-0.25, -0.2) is 18.0 Å². The SMILES string of the molecule is COC(=O)c1cc(F)c(F)cc1Nc1ccc(Cl)c(F)c1C=O. The normalized spacial score (nSPS) is 10.3. The van der Waals surface area contributed by atoms with E-state index in [4.69, 9.17) is 11.6 Å². The van der Waals surface area contributed by atoms with Crippen LogP contribution >= 0.6 is 11.6 Å². The lowest BCUT2D eigenvalue weighted by Crippen LogP contribution is -2.09. The Bertz CT molecular complexity index is 796. The summed E-state index contributed by atoms with van der Waals surface area (Å²) in [6.07, 6.45) is 0.210. The summed E-state index contributed by atoms with van der Waals surface area (Å²) in [5, 5.41) is 2.22. The van der Waals surface area contributed by atoms with Gasteiger partial charge in [-0.15, -0.1) is 0 Å². The van der Waals surface area contributed by atoms with Gasteiger partial charge in [-0.3, -0.25) is 4.79 Å². The van der Waals surface area contributed by atoms with Crippen LogP contribution in [0.2, 0.25) is 5.02 Å². The maximum absolute atomic E-state index is 13.8. The van der Waals surface area contributed by atoms with Gasteiger partial charge in [0.15, 0.2) is 23.7 Å². The van der Waals surface area contributed by atoms with Crippen LogP contribution in [0.25, 0.3) is 0 Å². The molecule has 0 radical (unpaired) electrons. The molecule has 23 heavy (non-hydrogen) atoms. The van der Waals surface area contributed by atoms with E-state index < -0.39 is 29.0 Å². The van der Waals surface area contributed by atoms with Gasteiger partial charge in [-0.2, -0.15) is 0 Å². The van der Waals surface area contributed by atoms with Gasteiger partial charge in [0.05, 0.1) is 34.6 Å². The summed E-state index contributed by atoms with van der Waals surface area (Å²) < 4.78 is 45.0. The molecule has 0 saturated heterocycles. The number of methoxy groups -OCH3 is 1. The summed E-state index contributed by atoms with van der Waals surface area (Å²) >= 11 is 5.57. The van der Waals surface area contributed by atoms with Crippen molar-refractivity contribution in [3.8, 4) is 0 Å². The summed E-state index contributed by atoms with van der Waals surface area (Å²) in [5.74, 6) is -4.40. The molecule has 0 saturated carbocycles. The zero-order valence-corrected chi connectivity index (χ0v) is 12.4. The molecule has 0 heterocycles. The number of hydrogen-bond acceptors (Lipinski definition) is 4. The molecule has 120 valence electrons. The molecule has 0 atom stereocenters. The number of nitrogens with one attached hydrogen (secondary N) is 1. The molecule has 0 unspecified atom stereocenters. The topological polar surface area (TPSA) is 55.4 Å². The molecule has 0 spiro atoms. The minimum atomic E-state index is -1.26. The van der Waals surface area contributed by atoms with Crippen molar-refractivity contribution in [2.75, 3.05) is 12.4 Å². The second kappa shape index (κ2) is 6.70. The first-order valence-corrected chi connectivity index (χ1v) is 6.54. The number of aldehydes is 1. The largest absolute Gasteiger partial charge is 0.465 e. The number of rotatable bonds is 4. The number of carbonyl (C=O) groups excluding carboxylic acids is 2. The molecular formula is C15H9ClF3NO3. The average Bonchev–Trinajstić information content (AvgIpc) is 2.53. The van der Waals surface area contributed by atoms with Crippen molar-refractivity contribution in [3.63, 3.8) is 0 Å². The fourth-order valence-electron chi connectivity index (χ4n) is 1.86. The summed E-state index contributed by atoms with van der Waals surface area (Å²) in [4.78, 5) is 22.7. The number of benzene rings is 2. The van der Waals surface area contributed by atoms with Crippen LogP contribution in [0.15, 0.2) is 24.3 Å². The molecule has 4 nitrogen and oxygen atoms in total. The first-order valence-electron chi connectivity index (χ1n) is 6.16. The second-order valence-electron chi connectivity index (χ2n) is 4.37. The molecule has 0 aliphatic carbocycles. The number of ether oxygens (including phenoxy) is 1. The standard InChI is InChI=1S/C15H9ClF3NO3/c1-23-15(22)7-4-10(17)11(18)5-13(7)20-12-3-2-9(16)14(19)8(12)6-21/h2-6,20H,1H3. The first-order chi connectivity index (χ1) is 10.9. The minimum Gasteiger partial charge on any atom is -0.465 e. The number of esters is 1. The Morgan fingerprint density at radius 2 is 1.83 bits per heavy atom. The van der Waals surface area contributed by atoms with E-state index in [-0.39, 0.29) is 28.2 Å². The second-order valence-corrected chi connectivity index (χ2v) is 4.78. The molecule has 0 aliphatic rings. The lowest BCUT2D eigenvalue weighted by molar-refractivity contribution is 0.0601. The molecule has 8 heteroatoms. The van der Waals surface area contributed by atoms with Gasteiger partial charge >= 0.3 is 5.97 Å². The molecule has 0 fully saturated rings. The maximum atomic E-state index is 13.8. The summed E-state index contributed by atoms with van der Waals surface area (Å²) in [5.41, 5.74) is -1.00. The molecule has 0 aromatic heterocycles. The smallest absolute Gasteiger partial charge is 0.340 e. The van der Waals surface area contributed by atoms with Crippen molar-refractivity contribution in [1.82, 2.24) is 0 Å². The highest BCUT2D eigenvalue weighted by atomic mass is 35.5. The van der Waals surface area contributed by atoms with Gasteiger partial charge in [-0.1, -0.05) is 11.6 Å². The fraction of sp³-hybridized carbons (Fsp3) is 0.0667. The van der Waals surface area contributed by atoms with Gasteiger partial charge in [0.25, 0.3) is 0 Å². The summed E-state index contributed by atoms with van der Waals surface area (Å²) in [7, 11) is 1.06. The van der Waals surface area contributed by atoms with Gasteiger partial charge in [0.1, 0.15) is 0 Å². The van der Waals surface area contributed by atoms with E-state index in [1.54, 1.807) is 0 Å². The van der Waals surface area contributed by atoms with Crippen LogP contribution in [0.5, 0.6) is 0 Å². The predicted molar refractivity (Wildman–Crippen MR) is 77.8 cm³/mol. The highest BCUT2D eigenvalue weighted by Gasteiger charge is 2.19. The van der Waals surface area contributed by atoms with Crippen LogP contribution in [0.1, 0.15) is 20.7 Å². The van der Waals surface area contributed by atoms with Crippen molar-refractivity contribution in [3.05, 3.63) is 57.9 Å². The lowest BCUT2D eigenvalue weighted by Gasteiger charge is -2.13. The number of hydrogen-bond donors (Lipinski definition) is 1. The number of carbonyl (C=O) groups is 2. The van der Waals surface area contributed by atoms with Gasteiger partial charge in [0, 0.05) is 6.07 Å². The zero-order valence-electron chi connectivity index (χ0n) is 11.6. The van der Waals surface area contributed by atoms with Crippen molar-refractivity contribution < 1.29 is 27.5 Å². The third-order valence-electron chi connectivity index (χ3n) is 2.99. The molecular weight excluding hydrogens is 335 g/mol. The lowest BCUT2D eigenvalue weighted by atomic mass is 10.1. The Labute approximate surface area is 133 Å². The van der Waals surface area contributed by atoms with Crippen LogP contribution in [-0.2, 0) is 4.74 Å². The van der Waals surface area contributed by atoms with E-state index >= 15 is 0 Å². The number of halogens is 4. The van der Waals surface area contributed by atoms with Crippen molar-refractivity contribution in [1.29, 1.82) is 0 Å². The Morgan fingerprint density at radius 3 is 2.43 bits per heavy atom. The zero-order chi connectivity index (χ0) is 17.1. The first kappa shape index (κ1) is 16.8. The highest BCUT2D eigenvalue weighted by Crippen LogP contribution is 2.29. The molecule has 0 bridgehead atoms. The molecule has 2 aromatic carbocycles. The van der Waals surface area contributed by atoms with Crippen LogP contribution in [0.4, 0.5) is 24.5 Å². The quantitative estimate of drug-likeness (QED) is 0.671. The van der Waals surface area contributed by atoms with Gasteiger partial charge < -0.3 is 10.1 Å². The van der Waals surface area contributed by atoms with E-state index in [9.17, 15) is 22.8 Å². The van der Waals surface area contributed by atoms with E-state index in [2.05, 4.69) is 10.1 Å². The molecule has 2 aromatic rings. The van der Waals surface area contributed by atoms with Crippen LogP contribution in [-0.4, -0.2) is 19.4 Å². The van der Waals surface area contributed by atoms with Crippen LogP contribution in [0, 0.1) is 17.5 Å². The summed E-state index contributed by atoms with van der Waals surface area (Å²) in [6.45, 7) is 0. The van der Waals surface area contributed by atoms with Crippen LogP contribution in [0.3, 0.4) is 0 Å². The van der Waals surface area contributed by atoms with Crippen LogP contribution < -0.4 is 5.32 Å². The van der Waals surface area contributed by atoms with Gasteiger partial charge in [0.2, 0.25) is 0 Å². The Hall–Kier alpha value is -2.54. The third kappa shape index (κ3) is 3.29. The Kier molecular flexibility index (Phi) is 4.90. The van der Waals surface area contributed by atoms with E-state index in [1.807, 2.05) is 0 Å². The maximum Gasteiger partial charge on any atom is 0.340 e. The molecule has 0 amide bonds. The molecule has 1 N–H and O–H groups in total. The molecule has 0 aliphatic heterocycles. The predicted octanol–water partition coefficient (Wildman–Crippen LogP) is 4.10. The molecule has 2 rings (SSSR count). The van der Waals surface area contributed by atoms with Crippen molar-refractivity contribution in [2.24, 2.45) is 0 Å².